The van der Waals surface area contributed by atoms with E-state index in [9.17, 15) is 4.79 Å². The molecule has 0 fully saturated rings. The number of carbonyl (C=O) groups excluding carboxylic acids is 1. The van der Waals surface area contributed by atoms with Crippen LogP contribution in [-0.4, -0.2) is 24.7 Å². The van der Waals surface area contributed by atoms with Gasteiger partial charge in [0.2, 0.25) is 0 Å². The van der Waals surface area contributed by atoms with E-state index in [2.05, 4.69) is 38.7 Å². The van der Waals surface area contributed by atoms with Crippen molar-refractivity contribution in [2.75, 3.05) is 13.7 Å². The van der Waals surface area contributed by atoms with Crippen molar-refractivity contribution in [3.8, 4) is 5.75 Å². The molecule has 0 saturated carbocycles. The summed E-state index contributed by atoms with van der Waals surface area (Å²) in [5, 5.41) is 5.99. The van der Waals surface area contributed by atoms with Gasteiger partial charge in [0.25, 0.3) is 5.91 Å². The van der Waals surface area contributed by atoms with E-state index in [1.54, 1.807) is 12.1 Å². The van der Waals surface area contributed by atoms with Gasteiger partial charge in [-0.15, -0.1) is 0 Å². The molecule has 4 nitrogen and oxygen atoms in total. The molecule has 6 heteroatoms. The van der Waals surface area contributed by atoms with E-state index in [0.717, 1.165) is 10.9 Å². The van der Waals surface area contributed by atoms with Crippen LogP contribution in [0.1, 0.15) is 15.9 Å². The molecule has 0 aliphatic heterocycles. The predicted molar refractivity (Wildman–Crippen MR) is 98.9 cm³/mol. The topological polar surface area (TPSA) is 50.4 Å². The Morgan fingerprint density at radius 3 is 2.65 bits per heavy atom. The first-order valence-corrected chi connectivity index (χ1v) is 8.27. The Morgan fingerprint density at radius 2 is 1.96 bits per heavy atom. The zero-order chi connectivity index (χ0) is 16.7. The molecular formula is C17H17BrN2O2S. The molecule has 0 saturated heterocycles. The molecule has 0 atom stereocenters. The number of carbonyl (C=O) groups is 1. The normalized spacial score (nSPS) is 10.0. The summed E-state index contributed by atoms with van der Waals surface area (Å²) in [5.74, 6) is 0.193. The zero-order valence-corrected chi connectivity index (χ0v) is 15.0. The van der Waals surface area contributed by atoms with E-state index in [1.165, 1.54) is 12.7 Å². The maximum Gasteiger partial charge on any atom is 0.261 e. The Morgan fingerprint density at radius 1 is 1.22 bits per heavy atom. The molecule has 0 aliphatic carbocycles. The monoisotopic (exact) mass is 392 g/mol. The Hall–Kier alpha value is -1.92. The lowest BCUT2D eigenvalue weighted by Crippen LogP contribution is -2.40. The van der Waals surface area contributed by atoms with E-state index >= 15 is 0 Å². The number of rotatable bonds is 5. The number of ether oxygens (including phenoxy) is 1. The fraction of sp³-hybridized carbons (Fsp3) is 0.176. The molecule has 0 radical (unpaired) electrons. The Kier molecular flexibility index (Phi) is 6.55. The first kappa shape index (κ1) is 17.4. The number of benzene rings is 2. The molecule has 0 spiro atoms. The molecule has 0 heterocycles. The van der Waals surface area contributed by atoms with Crippen LogP contribution < -0.4 is 15.4 Å². The third-order valence-corrected chi connectivity index (χ3v) is 3.91. The number of methoxy groups -OCH3 is 1. The van der Waals surface area contributed by atoms with Crippen LogP contribution in [-0.2, 0) is 6.42 Å². The van der Waals surface area contributed by atoms with Gasteiger partial charge in [-0.2, -0.15) is 0 Å². The van der Waals surface area contributed by atoms with Crippen LogP contribution in [0.15, 0.2) is 53.0 Å². The van der Waals surface area contributed by atoms with Gasteiger partial charge in [0.05, 0.1) is 12.7 Å². The molecule has 2 aromatic carbocycles. The highest BCUT2D eigenvalue weighted by Crippen LogP contribution is 2.22. The van der Waals surface area contributed by atoms with E-state index in [1.807, 2.05) is 24.3 Å². The number of amides is 1. The number of hydrogen-bond acceptors (Lipinski definition) is 3. The lowest BCUT2D eigenvalue weighted by molar-refractivity contribution is 0.0973. The summed E-state index contributed by atoms with van der Waals surface area (Å²) in [5.41, 5.74) is 1.64. The van der Waals surface area contributed by atoms with E-state index < -0.39 is 0 Å². The predicted octanol–water partition coefficient (Wildman–Crippen LogP) is 3.30. The molecule has 1 amide bonds. The number of hydrogen-bond donors (Lipinski definition) is 2. The van der Waals surface area contributed by atoms with Crippen LogP contribution in [0.5, 0.6) is 5.75 Å². The first-order chi connectivity index (χ1) is 11.1. The summed E-state index contributed by atoms with van der Waals surface area (Å²) in [4.78, 5) is 12.3. The Labute approximate surface area is 149 Å². The highest BCUT2D eigenvalue weighted by molar-refractivity contribution is 9.10. The van der Waals surface area contributed by atoms with Crippen molar-refractivity contribution < 1.29 is 9.53 Å². The zero-order valence-electron chi connectivity index (χ0n) is 12.6. The lowest BCUT2D eigenvalue weighted by Gasteiger charge is -2.12. The Bertz CT molecular complexity index is 692. The standard InChI is InChI=1S/C17H17BrN2O2S/c1-22-15-8-7-13(18)11-14(15)16(21)20-17(23)19-10-9-12-5-3-2-4-6-12/h2-8,11H,9-10H2,1H3,(H2,19,20,21,23). The summed E-state index contributed by atoms with van der Waals surface area (Å²) in [6.45, 7) is 0.652. The summed E-state index contributed by atoms with van der Waals surface area (Å²) < 4.78 is 5.99. The second-order valence-electron chi connectivity index (χ2n) is 4.79. The van der Waals surface area contributed by atoms with Gasteiger partial charge in [-0.25, -0.2) is 0 Å². The van der Waals surface area contributed by atoms with Crippen LogP contribution in [0.3, 0.4) is 0 Å². The van der Waals surface area contributed by atoms with Gasteiger partial charge in [-0.3, -0.25) is 10.1 Å². The first-order valence-electron chi connectivity index (χ1n) is 7.07. The molecule has 2 aromatic rings. The minimum atomic E-state index is -0.305. The van der Waals surface area contributed by atoms with Crippen molar-refractivity contribution in [1.29, 1.82) is 0 Å². The fourth-order valence-corrected chi connectivity index (χ4v) is 2.59. The number of thiocarbonyl (C=S) groups is 1. The maximum atomic E-state index is 12.3. The van der Waals surface area contributed by atoms with Crippen molar-refractivity contribution in [3.63, 3.8) is 0 Å². The van der Waals surface area contributed by atoms with Crippen LogP contribution in [0.25, 0.3) is 0 Å². The maximum absolute atomic E-state index is 12.3. The van der Waals surface area contributed by atoms with Crippen LogP contribution in [0.4, 0.5) is 0 Å². The van der Waals surface area contributed by atoms with Gasteiger partial charge in [0, 0.05) is 11.0 Å². The van der Waals surface area contributed by atoms with Crippen LogP contribution >= 0.6 is 28.1 Å². The molecule has 2 rings (SSSR count). The molecular weight excluding hydrogens is 376 g/mol. The summed E-state index contributed by atoms with van der Waals surface area (Å²) in [6.07, 6.45) is 0.830. The van der Waals surface area contributed by atoms with Crippen molar-refractivity contribution in [2.24, 2.45) is 0 Å². The van der Waals surface area contributed by atoms with Gasteiger partial charge >= 0.3 is 0 Å². The minimum Gasteiger partial charge on any atom is -0.496 e. The highest BCUT2D eigenvalue weighted by Gasteiger charge is 2.13. The highest BCUT2D eigenvalue weighted by atomic mass is 79.9. The van der Waals surface area contributed by atoms with Gasteiger partial charge in [0.1, 0.15) is 5.75 Å². The average Bonchev–Trinajstić information content (AvgIpc) is 2.55. The molecule has 23 heavy (non-hydrogen) atoms. The summed E-state index contributed by atoms with van der Waals surface area (Å²) in [6, 6.07) is 15.3. The molecule has 120 valence electrons. The average molecular weight is 393 g/mol. The van der Waals surface area contributed by atoms with Gasteiger partial charge in [0.15, 0.2) is 5.11 Å². The van der Waals surface area contributed by atoms with E-state index in [-0.39, 0.29) is 5.91 Å². The van der Waals surface area contributed by atoms with Crippen molar-refractivity contribution >= 4 is 39.2 Å². The molecule has 0 unspecified atom stereocenters. The lowest BCUT2D eigenvalue weighted by atomic mass is 10.1. The van der Waals surface area contributed by atoms with Crippen molar-refractivity contribution in [1.82, 2.24) is 10.6 Å². The largest absolute Gasteiger partial charge is 0.496 e. The van der Waals surface area contributed by atoms with Crippen molar-refractivity contribution in [3.05, 3.63) is 64.1 Å². The molecule has 0 bridgehead atoms. The fourth-order valence-electron chi connectivity index (χ4n) is 2.04. The van der Waals surface area contributed by atoms with E-state index in [0.29, 0.717) is 23.0 Å². The SMILES string of the molecule is COc1ccc(Br)cc1C(=O)NC(=S)NCCc1ccccc1. The summed E-state index contributed by atoms with van der Waals surface area (Å²) in [7, 11) is 1.52. The molecule has 2 N–H and O–H groups in total. The van der Waals surface area contributed by atoms with Crippen LogP contribution in [0.2, 0.25) is 0 Å². The molecule has 0 aromatic heterocycles. The number of halogens is 1. The third kappa shape index (κ3) is 5.33. The third-order valence-electron chi connectivity index (χ3n) is 3.18. The van der Waals surface area contributed by atoms with Crippen molar-refractivity contribution in [2.45, 2.75) is 6.42 Å². The second kappa shape index (κ2) is 8.64. The smallest absolute Gasteiger partial charge is 0.261 e. The molecule has 0 aliphatic rings. The van der Waals surface area contributed by atoms with E-state index in [4.69, 9.17) is 17.0 Å². The van der Waals surface area contributed by atoms with Gasteiger partial charge in [-0.05, 0) is 42.4 Å². The van der Waals surface area contributed by atoms with Crippen LogP contribution in [0, 0.1) is 0 Å². The minimum absolute atomic E-state index is 0.299. The van der Waals surface area contributed by atoms with Gasteiger partial charge < -0.3 is 10.1 Å². The second-order valence-corrected chi connectivity index (χ2v) is 6.11. The summed E-state index contributed by atoms with van der Waals surface area (Å²) >= 11 is 8.51. The van der Waals surface area contributed by atoms with Gasteiger partial charge in [-0.1, -0.05) is 46.3 Å². The number of nitrogens with one attached hydrogen (secondary N) is 2. The quantitative estimate of drug-likeness (QED) is 0.766. The Balaban J connectivity index is 1.87.